The highest BCUT2D eigenvalue weighted by molar-refractivity contribution is 6.29. The minimum atomic E-state index is 0.909. The van der Waals surface area contributed by atoms with E-state index in [9.17, 15) is 0 Å². The standard InChI is InChI=1S/C50H30O/c1-2-12-31(13-3-1)34-25-24-33-26-28-37-36(44(33)30-34)20-10-21-38(37)47-39-16-6-8-18-41(39)48(42-19-9-7-17-40(42)47)43-22-11-23-45-50(43)49-35-15-5-4-14-32(35)27-29-46(49)51-45/h1-30H. The molecule has 0 N–H and O–H groups in total. The summed E-state index contributed by atoms with van der Waals surface area (Å²) >= 11 is 0. The highest BCUT2D eigenvalue weighted by atomic mass is 16.3. The number of hydrogen-bond acceptors (Lipinski definition) is 1. The van der Waals surface area contributed by atoms with Crippen LogP contribution in [0.5, 0.6) is 0 Å². The second-order valence-corrected chi connectivity index (χ2v) is 13.5. The van der Waals surface area contributed by atoms with Crippen molar-refractivity contribution in [1.82, 2.24) is 0 Å². The Morgan fingerprint density at radius 3 is 1.59 bits per heavy atom. The van der Waals surface area contributed by atoms with Crippen LogP contribution in [0.1, 0.15) is 0 Å². The number of rotatable bonds is 3. The number of fused-ring (bicyclic) bond motifs is 10. The van der Waals surface area contributed by atoms with Gasteiger partial charge < -0.3 is 4.42 Å². The first kappa shape index (κ1) is 28.2. The van der Waals surface area contributed by atoms with E-state index in [1.54, 1.807) is 0 Å². The number of hydrogen-bond donors (Lipinski definition) is 0. The molecule has 236 valence electrons. The van der Waals surface area contributed by atoms with E-state index in [0.717, 1.165) is 11.2 Å². The van der Waals surface area contributed by atoms with E-state index in [1.807, 2.05) is 0 Å². The number of furan rings is 1. The molecule has 0 saturated heterocycles. The van der Waals surface area contributed by atoms with Crippen molar-refractivity contribution in [1.29, 1.82) is 0 Å². The van der Waals surface area contributed by atoms with E-state index < -0.39 is 0 Å². The van der Waals surface area contributed by atoms with Crippen LogP contribution in [0.15, 0.2) is 186 Å². The quantitative estimate of drug-likeness (QED) is 0.138. The lowest BCUT2D eigenvalue weighted by atomic mass is 9.83. The van der Waals surface area contributed by atoms with Gasteiger partial charge in [-0.3, -0.25) is 0 Å². The lowest BCUT2D eigenvalue weighted by Crippen LogP contribution is -1.92. The molecule has 0 atom stereocenters. The van der Waals surface area contributed by atoms with Gasteiger partial charge in [0.2, 0.25) is 0 Å². The van der Waals surface area contributed by atoms with Crippen LogP contribution in [-0.2, 0) is 0 Å². The molecule has 1 heterocycles. The van der Waals surface area contributed by atoms with Crippen molar-refractivity contribution in [3.05, 3.63) is 182 Å². The summed E-state index contributed by atoms with van der Waals surface area (Å²) in [5, 5.41) is 14.8. The third kappa shape index (κ3) is 4.16. The van der Waals surface area contributed by atoms with Crippen molar-refractivity contribution in [2.24, 2.45) is 0 Å². The summed E-state index contributed by atoms with van der Waals surface area (Å²) < 4.78 is 6.56. The van der Waals surface area contributed by atoms with Gasteiger partial charge in [-0.1, -0.05) is 164 Å². The summed E-state index contributed by atoms with van der Waals surface area (Å²) in [5.74, 6) is 0. The van der Waals surface area contributed by atoms with Gasteiger partial charge in [-0.25, -0.2) is 0 Å². The van der Waals surface area contributed by atoms with Crippen LogP contribution < -0.4 is 0 Å². The van der Waals surface area contributed by atoms with Crippen molar-refractivity contribution in [3.8, 4) is 33.4 Å². The minimum absolute atomic E-state index is 0.909. The molecule has 0 amide bonds. The summed E-state index contributed by atoms with van der Waals surface area (Å²) in [5.41, 5.74) is 9.23. The zero-order chi connectivity index (χ0) is 33.5. The third-order valence-electron chi connectivity index (χ3n) is 10.8. The fourth-order valence-electron chi connectivity index (χ4n) is 8.62. The average molecular weight is 647 g/mol. The molecule has 1 nitrogen and oxygen atoms in total. The Labute approximate surface area is 294 Å². The van der Waals surface area contributed by atoms with Crippen molar-refractivity contribution in [3.63, 3.8) is 0 Å². The van der Waals surface area contributed by atoms with Gasteiger partial charge in [-0.15, -0.1) is 0 Å². The first-order valence-electron chi connectivity index (χ1n) is 17.6. The smallest absolute Gasteiger partial charge is 0.136 e. The molecule has 0 saturated carbocycles. The molecule has 0 bridgehead atoms. The summed E-state index contributed by atoms with van der Waals surface area (Å²) in [6.07, 6.45) is 0. The van der Waals surface area contributed by atoms with Gasteiger partial charge >= 0.3 is 0 Å². The Hall–Kier alpha value is -6.70. The van der Waals surface area contributed by atoms with E-state index in [-0.39, 0.29) is 0 Å². The minimum Gasteiger partial charge on any atom is -0.456 e. The maximum atomic E-state index is 6.56. The normalized spacial score (nSPS) is 11.9. The SMILES string of the molecule is c1ccc(-c2ccc3ccc4c(-c5c6ccccc6c(-c6cccc7oc8ccc9ccccc9c8c67)c6ccccc56)cccc4c3c2)cc1. The largest absolute Gasteiger partial charge is 0.456 e. The summed E-state index contributed by atoms with van der Waals surface area (Å²) in [4.78, 5) is 0. The van der Waals surface area contributed by atoms with Crippen LogP contribution in [0.4, 0.5) is 0 Å². The molecule has 0 aliphatic rings. The Bertz CT molecular complexity index is 3130. The first-order chi connectivity index (χ1) is 25.3. The zero-order valence-corrected chi connectivity index (χ0v) is 27.7. The van der Waals surface area contributed by atoms with Gasteiger partial charge in [0.05, 0.1) is 0 Å². The molecular formula is C50H30O. The molecule has 0 unspecified atom stereocenters. The molecule has 0 radical (unpaired) electrons. The van der Waals surface area contributed by atoms with Crippen LogP contribution in [-0.4, -0.2) is 0 Å². The van der Waals surface area contributed by atoms with Gasteiger partial charge in [0, 0.05) is 10.8 Å². The highest BCUT2D eigenvalue weighted by Crippen LogP contribution is 2.49. The van der Waals surface area contributed by atoms with Gasteiger partial charge in [-0.2, -0.15) is 0 Å². The molecule has 0 aliphatic carbocycles. The third-order valence-corrected chi connectivity index (χ3v) is 10.8. The lowest BCUT2D eigenvalue weighted by molar-refractivity contribution is 0.669. The van der Waals surface area contributed by atoms with Gasteiger partial charge in [0.25, 0.3) is 0 Å². The first-order valence-corrected chi connectivity index (χ1v) is 17.6. The Kier molecular flexibility index (Phi) is 6.02. The fraction of sp³-hybridized carbons (Fsp3) is 0. The lowest BCUT2D eigenvalue weighted by Gasteiger charge is -2.19. The average Bonchev–Trinajstić information content (AvgIpc) is 3.60. The second-order valence-electron chi connectivity index (χ2n) is 13.5. The predicted octanol–water partition coefficient (Wildman–Crippen LogP) is 14.4. The Balaban J connectivity index is 1.24. The molecular weight excluding hydrogens is 617 g/mol. The Morgan fingerprint density at radius 2 is 0.824 bits per heavy atom. The molecule has 1 aromatic heterocycles. The maximum Gasteiger partial charge on any atom is 0.136 e. The van der Waals surface area contributed by atoms with Crippen molar-refractivity contribution >= 4 is 75.8 Å². The Morgan fingerprint density at radius 1 is 0.275 bits per heavy atom. The second kappa shape index (κ2) is 10.9. The van der Waals surface area contributed by atoms with Crippen molar-refractivity contribution in [2.45, 2.75) is 0 Å². The topological polar surface area (TPSA) is 13.1 Å². The molecule has 10 aromatic carbocycles. The molecule has 0 aliphatic heterocycles. The van der Waals surface area contributed by atoms with E-state index >= 15 is 0 Å². The molecule has 11 aromatic rings. The van der Waals surface area contributed by atoms with E-state index in [1.165, 1.54) is 98.0 Å². The van der Waals surface area contributed by atoms with Gasteiger partial charge in [0.15, 0.2) is 0 Å². The summed E-state index contributed by atoms with van der Waals surface area (Å²) in [7, 11) is 0. The van der Waals surface area contributed by atoms with Crippen molar-refractivity contribution < 1.29 is 4.42 Å². The molecule has 51 heavy (non-hydrogen) atoms. The monoisotopic (exact) mass is 646 g/mol. The van der Waals surface area contributed by atoms with Crippen LogP contribution in [0.25, 0.3) is 109 Å². The van der Waals surface area contributed by atoms with Crippen LogP contribution >= 0.6 is 0 Å². The van der Waals surface area contributed by atoms with E-state index in [4.69, 9.17) is 4.42 Å². The highest BCUT2D eigenvalue weighted by Gasteiger charge is 2.22. The van der Waals surface area contributed by atoms with Gasteiger partial charge in [-0.05, 0) is 105 Å². The molecule has 1 heteroatoms. The van der Waals surface area contributed by atoms with Crippen LogP contribution in [0, 0.1) is 0 Å². The molecule has 0 fully saturated rings. The summed E-state index contributed by atoms with van der Waals surface area (Å²) in [6, 6.07) is 66.3. The van der Waals surface area contributed by atoms with E-state index in [0.29, 0.717) is 0 Å². The predicted molar refractivity (Wildman–Crippen MR) is 218 cm³/mol. The summed E-state index contributed by atoms with van der Waals surface area (Å²) in [6.45, 7) is 0. The maximum absolute atomic E-state index is 6.56. The fourth-order valence-corrected chi connectivity index (χ4v) is 8.62. The van der Waals surface area contributed by atoms with Gasteiger partial charge in [0.1, 0.15) is 11.2 Å². The number of benzene rings is 10. The van der Waals surface area contributed by atoms with Crippen molar-refractivity contribution in [2.75, 3.05) is 0 Å². The molecule has 0 spiro atoms. The van der Waals surface area contributed by atoms with E-state index in [2.05, 4.69) is 182 Å². The molecule has 11 rings (SSSR count). The zero-order valence-electron chi connectivity index (χ0n) is 27.7. The van der Waals surface area contributed by atoms with Crippen LogP contribution in [0.2, 0.25) is 0 Å². The van der Waals surface area contributed by atoms with Crippen LogP contribution in [0.3, 0.4) is 0 Å².